The first-order chi connectivity index (χ1) is 12.8. The number of para-hydroxylation sites is 1. The van der Waals surface area contributed by atoms with Crippen LogP contribution in [0.4, 0.5) is 11.4 Å². The summed E-state index contributed by atoms with van der Waals surface area (Å²) in [6, 6.07) is 19.6. The fourth-order valence-corrected chi connectivity index (χ4v) is 3.68. The van der Waals surface area contributed by atoms with Gasteiger partial charge in [-0.15, -0.1) is 0 Å². The van der Waals surface area contributed by atoms with Crippen LogP contribution < -0.4 is 10.0 Å². The number of hydrogen-bond acceptors (Lipinski definition) is 3. The molecule has 0 aliphatic carbocycles. The van der Waals surface area contributed by atoms with Gasteiger partial charge in [-0.1, -0.05) is 41.9 Å². The molecule has 27 heavy (non-hydrogen) atoms. The molecule has 5 nitrogen and oxygen atoms in total. The van der Waals surface area contributed by atoms with Crippen LogP contribution >= 0.6 is 11.6 Å². The molecular weight excluding hydrogens is 384 g/mol. The van der Waals surface area contributed by atoms with Crippen molar-refractivity contribution in [2.75, 3.05) is 10.0 Å². The first-order valence-electron chi connectivity index (χ1n) is 8.10. The van der Waals surface area contributed by atoms with E-state index >= 15 is 0 Å². The van der Waals surface area contributed by atoms with Crippen molar-refractivity contribution in [1.82, 2.24) is 0 Å². The zero-order valence-corrected chi connectivity index (χ0v) is 16.0. The summed E-state index contributed by atoms with van der Waals surface area (Å²) >= 11 is 6.07. The number of carbonyl (C=O) groups excluding carboxylic acids is 1. The Bertz CT molecular complexity index is 1080. The van der Waals surface area contributed by atoms with Gasteiger partial charge in [0.05, 0.1) is 4.90 Å². The van der Waals surface area contributed by atoms with Crippen molar-refractivity contribution < 1.29 is 13.2 Å². The SMILES string of the molecule is Cc1ccc(NC(=O)c2cccc(S(=O)(=O)Nc3ccccc3)c2)cc1Cl. The summed E-state index contributed by atoms with van der Waals surface area (Å²) in [7, 11) is -3.81. The predicted octanol–water partition coefficient (Wildman–Crippen LogP) is 4.70. The van der Waals surface area contributed by atoms with E-state index < -0.39 is 15.9 Å². The van der Waals surface area contributed by atoms with Gasteiger partial charge in [0.1, 0.15) is 0 Å². The highest BCUT2D eigenvalue weighted by Crippen LogP contribution is 2.21. The molecule has 0 fully saturated rings. The molecule has 138 valence electrons. The monoisotopic (exact) mass is 400 g/mol. The van der Waals surface area contributed by atoms with Gasteiger partial charge in [0.15, 0.2) is 0 Å². The summed E-state index contributed by atoms with van der Waals surface area (Å²) < 4.78 is 27.6. The van der Waals surface area contributed by atoms with Crippen LogP contribution in [0.1, 0.15) is 15.9 Å². The van der Waals surface area contributed by atoms with Gasteiger partial charge in [0, 0.05) is 22.0 Å². The smallest absolute Gasteiger partial charge is 0.261 e. The standard InChI is InChI=1S/C20H17ClN2O3S/c1-14-10-11-17(13-19(14)21)22-20(24)15-6-5-9-18(12-15)27(25,26)23-16-7-3-2-4-8-16/h2-13,23H,1H3,(H,22,24). The van der Waals surface area contributed by atoms with E-state index in [4.69, 9.17) is 11.6 Å². The van der Waals surface area contributed by atoms with Gasteiger partial charge >= 0.3 is 0 Å². The topological polar surface area (TPSA) is 75.3 Å². The summed E-state index contributed by atoms with van der Waals surface area (Å²) in [5.74, 6) is -0.424. The number of sulfonamides is 1. The van der Waals surface area contributed by atoms with Crippen LogP contribution in [0.25, 0.3) is 0 Å². The lowest BCUT2D eigenvalue weighted by molar-refractivity contribution is 0.102. The van der Waals surface area contributed by atoms with E-state index in [0.717, 1.165) is 5.56 Å². The minimum atomic E-state index is -3.81. The van der Waals surface area contributed by atoms with E-state index in [1.54, 1.807) is 54.6 Å². The van der Waals surface area contributed by atoms with Crippen LogP contribution in [-0.4, -0.2) is 14.3 Å². The van der Waals surface area contributed by atoms with Gasteiger partial charge in [-0.05, 0) is 55.0 Å². The van der Waals surface area contributed by atoms with Crippen LogP contribution in [-0.2, 0) is 10.0 Å². The molecule has 0 heterocycles. The van der Waals surface area contributed by atoms with Crippen LogP contribution in [0, 0.1) is 6.92 Å². The van der Waals surface area contributed by atoms with Crippen molar-refractivity contribution in [3.63, 3.8) is 0 Å². The normalized spacial score (nSPS) is 11.0. The Morgan fingerprint density at radius 3 is 2.33 bits per heavy atom. The molecule has 1 amide bonds. The van der Waals surface area contributed by atoms with Gasteiger partial charge in [-0.2, -0.15) is 0 Å². The van der Waals surface area contributed by atoms with E-state index in [1.165, 1.54) is 18.2 Å². The highest BCUT2D eigenvalue weighted by atomic mass is 35.5. The van der Waals surface area contributed by atoms with E-state index in [9.17, 15) is 13.2 Å². The lowest BCUT2D eigenvalue weighted by Gasteiger charge is -2.10. The fraction of sp³-hybridized carbons (Fsp3) is 0.0500. The van der Waals surface area contributed by atoms with Gasteiger partial charge in [0.25, 0.3) is 15.9 Å². The average molecular weight is 401 g/mol. The number of benzene rings is 3. The second kappa shape index (κ2) is 7.82. The van der Waals surface area contributed by atoms with Crippen LogP contribution in [0.15, 0.2) is 77.7 Å². The fourth-order valence-electron chi connectivity index (χ4n) is 2.40. The highest BCUT2D eigenvalue weighted by Gasteiger charge is 2.16. The quantitative estimate of drug-likeness (QED) is 0.651. The summed E-state index contributed by atoms with van der Waals surface area (Å²) in [6.45, 7) is 1.86. The van der Waals surface area contributed by atoms with E-state index in [-0.39, 0.29) is 10.5 Å². The number of rotatable bonds is 5. The Kier molecular flexibility index (Phi) is 5.48. The van der Waals surface area contributed by atoms with Crippen molar-refractivity contribution in [3.8, 4) is 0 Å². The van der Waals surface area contributed by atoms with Crippen molar-refractivity contribution in [2.24, 2.45) is 0 Å². The van der Waals surface area contributed by atoms with E-state index in [0.29, 0.717) is 16.4 Å². The van der Waals surface area contributed by atoms with Crippen LogP contribution in [0.2, 0.25) is 5.02 Å². The van der Waals surface area contributed by atoms with E-state index in [2.05, 4.69) is 10.0 Å². The summed E-state index contributed by atoms with van der Waals surface area (Å²) in [4.78, 5) is 12.5. The molecule has 0 saturated carbocycles. The number of aryl methyl sites for hydroxylation is 1. The zero-order chi connectivity index (χ0) is 19.4. The first-order valence-corrected chi connectivity index (χ1v) is 9.97. The minimum Gasteiger partial charge on any atom is -0.322 e. The molecule has 7 heteroatoms. The third kappa shape index (κ3) is 4.67. The van der Waals surface area contributed by atoms with E-state index in [1.807, 2.05) is 6.92 Å². The molecule has 3 rings (SSSR count). The maximum absolute atomic E-state index is 12.6. The first kappa shape index (κ1) is 18.9. The molecule has 3 aromatic rings. The Hall–Kier alpha value is -2.83. The molecule has 0 aromatic heterocycles. The van der Waals surface area contributed by atoms with Crippen LogP contribution in [0.3, 0.4) is 0 Å². The Balaban J connectivity index is 1.82. The number of anilines is 2. The molecule has 0 bridgehead atoms. The van der Waals surface area contributed by atoms with Gasteiger partial charge in [-0.3, -0.25) is 9.52 Å². The number of nitrogens with one attached hydrogen (secondary N) is 2. The third-order valence-corrected chi connectivity index (χ3v) is 5.65. The van der Waals surface area contributed by atoms with Crippen molar-refractivity contribution in [2.45, 2.75) is 11.8 Å². The Morgan fingerprint density at radius 1 is 0.889 bits per heavy atom. The summed E-state index contributed by atoms with van der Waals surface area (Å²) in [5, 5.41) is 3.25. The summed E-state index contributed by atoms with van der Waals surface area (Å²) in [5.41, 5.74) is 2.10. The maximum Gasteiger partial charge on any atom is 0.261 e. The maximum atomic E-state index is 12.6. The zero-order valence-electron chi connectivity index (χ0n) is 14.4. The molecule has 0 aliphatic heterocycles. The lowest BCUT2D eigenvalue weighted by Crippen LogP contribution is -2.16. The predicted molar refractivity (Wildman–Crippen MR) is 108 cm³/mol. The molecule has 0 radical (unpaired) electrons. The van der Waals surface area contributed by atoms with Crippen LogP contribution in [0.5, 0.6) is 0 Å². The molecular formula is C20H17ClN2O3S. The number of carbonyl (C=O) groups is 1. The number of halogens is 1. The second-order valence-corrected chi connectivity index (χ2v) is 8.01. The molecule has 0 aliphatic rings. The number of hydrogen-bond donors (Lipinski definition) is 2. The molecule has 3 aromatic carbocycles. The van der Waals surface area contributed by atoms with Gasteiger partial charge < -0.3 is 5.32 Å². The summed E-state index contributed by atoms with van der Waals surface area (Å²) in [6.07, 6.45) is 0. The third-order valence-electron chi connectivity index (χ3n) is 3.86. The van der Waals surface area contributed by atoms with Gasteiger partial charge in [-0.25, -0.2) is 8.42 Å². The Labute approximate surface area is 163 Å². The molecule has 0 unspecified atom stereocenters. The molecule has 0 atom stereocenters. The largest absolute Gasteiger partial charge is 0.322 e. The van der Waals surface area contributed by atoms with Crippen molar-refractivity contribution >= 4 is 38.9 Å². The molecule has 0 saturated heterocycles. The highest BCUT2D eigenvalue weighted by molar-refractivity contribution is 7.92. The lowest BCUT2D eigenvalue weighted by atomic mass is 10.2. The van der Waals surface area contributed by atoms with Gasteiger partial charge in [0.2, 0.25) is 0 Å². The minimum absolute atomic E-state index is 0.000872. The van der Waals surface area contributed by atoms with Crippen molar-refractivity contribution in [3.05, 3.63) is 88.9 Å². The number of amides is 1. The Morgan fingerprint density at radius 2 is 1.63 bits per heavy atom. The second-order valence-electron chi connectivity index (χ2n) is 5.92. The molecule has 2 N–H and O–H groups in total. The van der Waals surface area contributed by atoms with Crippen molar-refractivity contribution in [1.29, 1.82) is 0 Å². The molecule has 0 spiro atoms. The average Bonchev–Trinajstić information content (AvgIpc) is 2.65.